The predicted molar refractivity (Wildman–Crippen MR) is 259 cm³/mol. The molecule has 0 aromatic heterocycles. The van der Waals surface area contributed by atoms with Crippen molar-refractivity contribution >= 4 is 13.8 Å². The van der Waals surface area contributed by atoms with Gasteiger partial charge in [0.2, 0.25) is 0 Å². The van der Waals surface area contributed by atoms with Crippen LogP contribution in [0.1, 0.15) is 258 Å². The Bertz CT molecular complexity index is 987. The number of rotatable bonds is 50. The van der Waals surface area contributed by atoms with Crippen LogP contribution >= 0.6 is 7.82 Å². The van der Waals surface area contributed by atoms with E-state index < -0.39 is 13.9 Å². The first kappa shape index (κ1) is 60.2. The molecule has 9 heteroatoms. The van der Waals surface area contributed by atoms with Gasteiger partial charge in [-0.3, -0.25) is 9.36 Å². The van der Waals surface area contributed by atoms with E-state index >= 15 is 0 Å². The van der Waals surface area contributed by atoms with Gasteiger partial charge in [-0.2, -0.15) is 0 Å². The number of unbranched alkanes of at least 4 members (excludes halogenated alkanes) is 34. The molecule has 0 aromatic carbocycles. The lowest BCUT2D eigenvalue weighted by Gasteiger charge is -2.28. The summed E-state index contributed by atoms with van der Waals surface area (Å²) in [6.45, 7) is 5.47. The van der Waals surface area contributed by atoms with Gasteiger partial charge in [0.15, 0.2) is 0 Å². The molecule has 0 fully saturated rings. The molecule has 0 rings (SSSR count). The molecule has 8 nitrogen and oxygen atoms in total. The molecule has 0 aliphatic rings. The fraction of sp³-hybridized carbons (Fsp3) is 0.942. The van der Waals surface area contributed by atoms with Crippen LogP contribution in [0.3, 0.4) is 0 Å². The number of quaternary nitrogens is 1. The third-order valence-electron chi connectivity index (χ3n) is 11.8. The molecule has 0 aromatic rings. The molecule has 0 spiro atoms. The molecule has 0 saturated carbocycles. The minimum absolute atomic E-state index is 0.0292. The average molecular weight is 886 g/mol. The fourth-order valence-corrected chi connectivity index (χ4v) is 8.45. The summed E-state index contributed by atoms with van der Waals surface area (Å²) in [5.41, 5.74) is 0. The molecule has 0 aliphatic heterocycles. The van der Waals surface area contributed by atoms with Crippen molar-refractivity contribution in [3.8, 4) is 0 Å². The third kappa shape index (κ3) is 50.1. The minimum Gasteiger partial charge on any atom is -0.756 e. The van der Waals surface area contributed by atoms with Crippen molar-refractivity contribution in [3.05, 3.63) is 12.2 Å². The van der Waals surface area contributed by atoms with Crippen LogP contribution in [0.4, 0.5) is 0 Å². The van der Waals surface area contributed by atoms with E-state index in [2.05, 4.69) is 26.0 Å². The van der Waals surface area contributed by atoms with Crippen LogP contribution in [-0.4, -0.2) is 70.7 Å². The van der Waals surface area contributed by atoms with Gasteiger partial charge < -0.3 is 27.9 Å². The first-order valence-electron chi connectivity index (χ1n) is 26.4. The van der Waals surface area contributed by atoms with Gasteiger partial charge in [-0.05, 0) is 38.5 Å². The molecule has 0 bridgehead atoms. The number of nitrogens with zero attached hydrogens (tertiary/aromatic N) is 1. The lowest BCUT2D eigenvalue weighted by Crippen LogP contribution is -2.37. The summed E-state index contributed by atoms with van der Waals surface area (Å²) in [7, 11) is 1.37. The Hall–Kier alpha value is -0.760. The van der Waals surface area contributed by atoms with Gasteiger partial charge in [-0.1, -0.05) is 225 Å². The van der Waals surface area contributed by atoms with E-state index in [1.807, 2.05) is 21.1 Å². The molecule has 0 saturated heterocycles. The van der Waals surface area contributed by atoms with Gasteiger partial charge in [-0.15, -0.1) is 0 Å². The highest BCUT2D eigenvalue weighted by Crippen LogP contribution is 2.38. The van der Waals surface area contributed by atoms with Gasteiger partial charge in [0.25, 0.3) is 7.82 Å². The molecule has 0 heterocycles. The number of hydrogen-bond acceptors (Lipinski definition) is 7. The largest absolute Gasteiger partial charge is 0.756 e. The maximum absolute atomic E-state index is 12.8. The van der Waals surface area contributed by atoms with Crippen LogP contribution in [0.5, 0.6) is 0 Å². The van der Waals surface area contributed by atoms with Gasteiger partial charge in [0, 0.05) is 13.0 Å². The summed E-state index contributed by atoms with van der Waals surface area (Å²) in [5.74, 6) is -0.328. The fourth-order valence-electron chi connectivity index (χ4n) is 7.72. The summed E-state index contributed by atoms with van der Waals surface area (Å²) in [5, 5.41) is 0. The highest BCUT2D eigenvalue weighted by Gasteiger charge is 2.20. The number of ether oxygens (including phenoxy) is 2. The van der Waals surface area contributed by atoms with E-state index in [0.29, 0.717) is 24.1 Å². The topological polar surface area (TPSA) is 94.1 Å². The second-order valence-corrected chi connectivity index (χ2v) is 20.7. The first-order valence-corrected chi connectivity index (χ1v) is 27.9. The van der Waals surface area contributed by atoms with Gasteiger partial charge in [0.1, 0.15) is 19.3 Å². The number of carbonyl (C=O) groups excluding carboxylic acids is 1. The molecule has 2 atom stereocenters. The Labute approximate surface area is 380 Å². The molecule has 0 aliphatic carbocycles. The molecular weight excluding hydrogens is 782 g/mol. The van der Waals surface area contributed by atoms with Crippen molar-refractivity contribution in [3.63, 3.8) is 0 Å². The number of carbonyl (C=O) groups is 1. The second kappa shape index (κ2) is 45.8. The van der Waals surface area contributed by atoms with Crippen molar-refractivity contribution in [2.24, 2.45) is 0 Å². The van der Waals surface area contributed by atoms with Crippen molar-refractivity contribution < 1.29 is 37.3 Å². The Morgan fingerprint density at radius 2 is 0.852 bits per heavy atom. The molecule has 0 radical (unpaired) electrons. The number of likely N-dealkylation sites (N-methyl/N-ethyl adjacent to an activating group) is 1. The van der Waals surface area contributed by atoms with E-state index in [9.17, 15) is 14.3 Å². The maximum Gasteiger partial charge on any atom is 0.306 e. The van der Waals surface area contributed by atoms with Crippen molar-refractivity contribution in [1.29, 1.82) is 0 Å². The number of allylic oxidation sites excluding steroid dienone is 2. The molecular formula is C52H104NO7P. The molecule has 0 N–H and O–H groups in total. The quantitative estimate of drug-likeness (QED) is 0.0197. The van der Waals surface area contributed by atoms with E-state index in [0.717, 1.165) is 32.1 Å². The maximum atomic E-state index is 12.8. The highest BCUT2D eigenvalue weighted by molar-refractivity contribution is 7.45. The van der Waals surface area contributed by atoms with E-state index in [1.165, 1.54) is 205 Å². The lowest BCUT2D eigenvalue weighted by molar-refractivity contribution is -0.870. The molecule has 61 heavy (non-hydrogen) atoms. The Kier molecular flexibility index (Phi) is 45.2. The zero-order chi connectivity index (χ0) is 44.8. The van der Waals surface area contributed by atoms with Crippen molar-refractivity contribution in [2.75, 3.05) is 54.1 Å². The monoisotopic (exact) mass is 886 g/mol. The molecule has 0 amide bonds. The summed E-state index contributed by atoms with van der Waals surface area (Å²) in [6.07, 6.45) is 52.3. The molecule has 364 valence electrons. The van der Waals surface area contributed by atoms with Crippen LogP contribution in [0, 0.1) is 0 Å². The lowest BCUT2D eigenvalue weighted by atomic mass is 10.0. The number of phosphoric acid groups is 1. The molecule has 2 unspecified atom stereocenters. The van der Waals surface area contributed by atoms with Gasteiger partial charge in [-0.25, -0.2) is 0 Å². The standard InChI is InChI=1S/C52H104NO7P/c1-6-8-10-12-14-16-18-20-22-24-26-27-29-31-33-35-37-39-41-43-45-52(54)60-51(50-59-61(55,56)58-48-46-53(3,4)5)49-57-47-44-42-40-38-36-34-32-30-28-25-23-21-19-17-15-13-11-9-7-2/h23,25,51H,6-22,24,26-50H2,1-5H3/b25-23-. The van der Waals surface area contributed by atoms with Gasteiger partial charge >= 0.3 is 5.97 Å². The second-order valence-electron chi connectivity index (χ2n) is 19.2. The first-order chi connectivity index (χ1) is 29.6. The van der Waals surface area contributed by atoms with E-state index in [-0.39, 0.29) is 25.8 Å². The smallest absolute Gasteiger partial charge is 0.306 e. The highest BCUT2D eigenvalue weighted by atomic mass is 31.2. The average Bonchev–Trinajstić information content (AvgIpc) is 3.22. The normalized spacial score (nSPS) is 13.6. The third-order valence-corrected chi connectivity index (χ3v) is 12.8. The van der Waals surface area contributed by atoms with Crippen molar-refractivity contribution in [2.45, 2.75) is 264 Å². The van der Waals surface area contributed by atoms with Crippen LogP contribution in [-0.2, 0) is 27.9 Å². The van der Waals surface area contributed by atoms with Crippen LogP contribution in [0.2, 0.25) is 0 Å². The minimum atomic E-state index is -4.53. The Balaban J connectivity index is 4.09. The zero-order valence-corrected chi connectivity index (χ0v) is 42.3. The Morgan fingerprint density at radius 1 is 0.492 bits per heavy atom. The Morgan fingerprint density at radius 3 is 1.25 bits per heavy atom. The number of hydrogen-bond donors (Lipinski definition) is 0. The van der Waals surface area contributed by atoms with E-state index in [4.69, 9.17) is 18.5 Å². The summed E-state index contributed by atoms with van der Waals surface area (Å²) in [6, 6.07) is 0. The zero-order valence-electron chi connectivity index (χ0n) is 41.4. The SMILES string of the molecule is CCCCCCCCC/C=C\CCCCCCCCCCOCC(COP(=O)([O-])OCC[N+](C)(C)C)OC(=O)CCCCCCCCCCCCCCCCCCCCCC. The predicted octanol–water partition coefficient (Wildman–Crippen LogP) is 15.5. The van der Waals surface area contributed by atoms with Gasteiger partial charge in [0.05, 0.1) is 34.4 Å². The van der Waals surface area contributed by atoms with E-state index in [1.54, 1.807) is 0 Å². The number of phosphoric ester groups is 1. The summed E-state index contributed by atoms with van der Waals surface area (Å²) in [4.78, 5) is 25.2. The van der Waals surface area contributed by atoms with Crippen molar-refractivity contribution in [1.82, 2.24) is 0 Å². The van der Waals surface area contributed by atoms with Crippen LogP contribution in [0.25, 0.3) is 0 Å². The summed E-state index contributed by atoms with van der Waals surface area (Å²) >= 11 is 0. The number of esters is 1. The van der Waals surface area contributed by atoms with Crippen LogP contribution in [0.15, 0.2) is 12.2 Å². The van der Waals surface area contributed by atoms with Crippen LogP contribution < -0.4 is 4.89 Å². The summed E-state index contributed by atoms with van der Waals surface area (Å²) < 4.78 is 34.8.